The van der Waals surface area contributed by atoms with Crippen molar-refractivity contribution in [2.75, 3.05) is 6.54 Å². The minimum absolute atomic E-state index is 0.0785. The maximum atomic E-state index is 13.9. The molecule has 0 aromatic carbocycles. The van der Waals surface area contributed by atoms with Crippen molar-refractivity contribution in [3.63, 3.8) is 0 Å². The highest BCUT2D eigenvalue weighted by molar-refractivity contribution is 5.93. The van der Waals surface area contributed by atoms with Crippen LogP contribution in [0.25, 0.3) is 5.65 Å². The number of halogens is 2. The average molecular weight is 515 g/mol. The largest absolute Gasteiger partial charge is 0.342 e. The highest BCUT2D eigenvalue weighted by atomic mass is 19.3. The lowest BCUT2D eigenvalue weighted by atomic mass is 9.81. The molecule has 11 nitrogen and oxygen atoms in total. The first kappa shape index (κ1) is 23.7. The number of fused-ring (bicyclic) bond motifs is 1. The van der Waals surface area contributed by atoms with Crippen molar-refractivity contribution in [3.8, 4) is 0 Å². The van der Waals surface area contributed by atoms with Gasteiger partial charge in [-0.05, 0) is 55.3 Å². The van der Waals surface area contributed by atoms with E-state index < -0.39 is 17.9 Å². The molecule has 196 valence electrons. The van der Waals surface area contributed by atoms with Crippen molar-refractivity contribution in [2.45, 2.75) is 75.9 Å². The summed E-state index contributed by atoms with van der Waals surface area (Å²) in [7, 11) is 0. The summed E-state index contributed by atoms with van der Waals surface area (Å²) < 4.78 is 34.3. The Morgan fingerprint density at radius 2 is 2.05 bits per heavy atom. The maximum Gasteiger partial charge on any atom is 0.318 e. The number of carbonyl (C=O) groups is 2. The van der Waals surface area contributed by atoms with Gasteiger partial charge in [0.05, 0.1) is 24.1 Å². The van der Waals surface area contributed by atoms with Gasteiger partial charge in [-0.1, -0.05) is 5.16 Å². The summed E-state index contributed by atoms with van der Waals surface area (Å²) in [5, 5.41) is 18.0. The number of aromatic nitrogens is 5. The molecule has 2 N–H and O–H groups in total. The van der Waals surface area contributed by atoms with E-state index in [0.717, 1.165) is 18.4 Å². The minimum Gasteiger partial charge on any atom is -0.342 e. The first-order chi connectivity index (χ1) is 17.8. The summed E-state index contributed by atoms with van der Waals surface area (Å²) >= 11 is 0. The van der Waals surface area contributed by atoms with Crippen molar-refractivity contribution < 1.29 is 23.0 Å². The number of urea groups is 1. The van der Waals surface area contributed by atoms with Crippen LogP contribution in [0.4, 0.5) is 13.6 Å². The van der Waals surface area contributed by atoms with Crippen molar-refractivity contribution in [1.82, 2.24) is 40.4 Å². The van der Waals surface area contributed by atoms with Crippen molar-refractivity contribution in [3.05, 3.63) is 41.1 Å². The molecule has 6 rings (SSSR count). The molecule has 37 heavy (non-hydrogen) atoms. The van der Waals surface area contributed by atoms with Crippen molar-refractivity contribution >= 4 is 17.6 Å². The third-order valence-electron chi connectivity index (χ3n) is 7.45. The second kappa shape index (κ2) is 9.03. The zero-order valence-corrected chi connectivity index (χ0v) is 20.4. The number of hydrogen-bond acceptors (Lipinski definition) is 7. The molecule has 3 amide bonds. The Kier molecular flexibility index (Phi) is 5.80. The normalized spacial score (nSPS) is 22.8. The van der Waals surface area contributed by atoms with Crippen LogP contribution in [0.2, 0.25) is 0 Å². The van der Waals surface area contributed by atoms with Gasteiger partial charge in [-0.3, -0.25) is 4.79 Å². The molecule has 4 heterocycles. The van der Waals surface area contributed by atoms with Crippen LogP contribution in [0, 0.1) is 5.92 Å². The highest BCUT2D eigenvalue weighted by Gasteiger charge is 2.40. The summed E-state index contributed by atoms with van der Waals surface area (Å²) in [4.78, 5) is 31.7. The number of hydrogen-bond donors (Lipinski definition) is 2. The van der Waals surface area contributed by atoms with E-state index in [9.17, 15) is 18.4 Å². The number of imidazole rings is 1. The van der Waals surface area contributed by atoms with Crippen LogP contribution in [0.3, 0.4) is 0 Å². The summed E-state index contributed by atoms with van der Waals surface area (Å²) in [6.45, 7) is 2.94. The van der Waals surface area contributed by atoms with E-state index in [1.807, 2.05) is 13.0 Å². The molecule has 3 aliphatic rings. The van der Waals surface area contributed by atoms with Crippen LogP contribution in [-0.4, -0.2) is 60.3 Å². The fraction of sp³-hybridized carbons (Fsp3) is 0.583. The molecule has 1 aliphatic heterocycles. The van der Waals surface area contributed by atoms with E-state index in [1.165, 1.54) is 0 Å². The zero-order chi connectivity index (χ0) is 25.7. The third-order valence-corrected chi connectivity index (χ3v) is 7.45. The molecule has 3 aromatic rings. The van der Waals surface area contributed by atoms with E-state index in [1.54, 1.807) is 21.8 Å². The Hall–Kier alpha value is -3.64. The number of carbonyl (C=O) groups excluding carboxylic acids is 2. The van der Waals surface area contributed by atoms with Gasteiger partial charge in [0.15, 0.2) is 11.3 Å². The van der Waals surface area contributed by atoms with Gasteiger partial charge >= 0.3 is 6.03 Å². The fourth-order valence-corrected chi connectivity index (χ4v) is 5.30. The van der Waals surface area contributed by atoms with Gasteiger partial charge < -0.3 is 15.5 Å². The molecular formula is C24H28F2N8O3. The Morgan fingerprint density at radius 3 is 2.76 bits per heavy atom. The van der Waals surface area contributed by atoms with Crippen LogP contribution in [0.15, 0.2) is 23.1 Å². The molecule has 0 unspecified atom stereocenters. The molecule has 2 atom stereocenters. The topological polar surface area (TPSA) is 131 Å². The van der Waals surface area contributed by atoms with Gasteiger partial charge in [-0.25, -0.2) is 27.7 Å². The first-order valence-electron chi connectivity index (χ1n) is 12.7. The maximum absolute atomic E-state index is 13.9. The molecule has 2 aliphatic carbocycles. The second-order valence-corrected chi connectivity index (χ2v) is 10.5. The fourth-order valence-electron chi connectivity index (χ4n) is 5.30. The van der Waals surface area contributed by atoms with E-state index in [0.29, 0.717) is 30.1 Å². The molecule has 0 radical (unpaired) electrons. The predicted molar refractivity (Wildman–Crippen MR) is 125 cm³/mol. The lowest BCUT2D eigenvalue weighted by molar-refractivity contribution is -0.0495. The van der Waals surface area contributed by atoms with E-state index in [4.69, 9.17) is 9.61 Å². The Morgan fingerprint density at radius 1 is 1.27 bits per heavy atom. The standard InChI is InChI=1S/C24H28F2N8O3/c1-13-10-33(23(36)28-13)11-14-8-18-29-17(12-34(18)27-9-14)19(16-4-6-24(25,26)7-5-16)30-22(35)21-20(15-2-3-15)31-37-32-21/h8-9,12-13,15-16,19H,2-7,10-11H2,1H3,(H,28,36)(H,30,35)/t13-,19-/m0/s1. The van der Waals surface area contributed by atoms with Gasteiger partial charge in [0.1, 0.15) is 5.69 Å². The molecule has 0 bridgehead atoms. The molecule has 1 saturated heterocycles. The summed E-state index contributed by atoms with van der Waals surface area (Å²) in [6.07, 6.45) is 5.25. The molecule has 3 aromatic heterocycles. The first-order valence-corrected chi connectivity index (χ1v) is 12.7. The number of nitrogens with zero attached hydrogens (tertiary/aromatic N) is 6. The van der Waals surface area contributed by atoms with Crippen LogP contribution in [0.5, 0.6) is 0 Å². The summed E-state index contributed by atoms with van der Waals surface area (Å²) in [5.41, 5.74) is 2.56. The van der Waals surface area contributed by atoms with E-state index in [2.05, 4.69) is 26.0 Å². The smallest absolute Gasteiger partial charge is 0.318 e. The SMILES string of the molecule is C[C@H]1CN(Cc2cnn3cc([C@@H](NC(=O)c4nonc4C4CC4)C4CCC(F)(F)CC4)nc3c2)C(=O)N1. The average Bonchev–Trinajstić information content (AvgIpc) is 3.28. The van der Waals surface area contributed by atoms with Gasteiger partial charge in [0.2, 0.25) is 5.92 Å². The molecule has 13 heteroatoms. The van der Waals surface area contributed by atoms with E-state index in [-0.39, 0.29) is 55.3 Å². The number of amides is 3. The summed E-state index contributed by atoms with van der Waals surface area (Å²) in [5.74, 6) is -3.22. The molecule has 2 saturated carbocycles. The monoisotopic (exact) mass is 514 g/mol. The Labute approximate surface area is 210 Å². The minimum atomic E-state index is -2.70. The highest BCUT2D eigenvalue weighted by Crippen LogP contribution is 2.42. The predicted octanol–water partition coefficient (Wildman–Crippen LogP) is 3.20. The number of alkyl halides is 2. The van der Waals surface area contributed by atoms with E-state index >= 15 is 0 Å². The third kappa shape index (κ3) is 4.86. The van der Waals surface area contributed by atoms with Gasteiger partial charge in [0.25, 0.3) is 5.91 Å². The van der Waals surface area contributed by atoms with Crippen molar-refractivity contribution in [2.24, 2.45) is 5.92 Å². The molecule has 0 spiro atoms. The van der Waals surface area contributed by atoms with Crippen LogP contribution < -0.4 is 10.6 Å². The second-order valence-electron chi connectivity index (χ2n) is 10.5. The zero-order valence-electron chi connectivity index (χ0n) is 20.4. The summed E-state index contributed by atoms with van der Waals surface area (Å²) in [6, 6.07) is 1.19. The van der Waals surface area contributed by atoms with Gasteiger partial charge in [-0.2, -0.15) is 5.10 Å². The van der Waals surface area contributed by atoms with Gasteiger partial charge in [-0.15, -0.1) is 0 Å². The van der Waals surface area contributed by atoms with Crippen molar-refractivity contribution in [1.29, 1.82) is 0 Å². The molecule has 3 fully saturated rings. The quantitative estimate of drug-likeness (QED) is 0.495. The van der Waals surface area contributed by atoms with Crippen LogP contribution in [-0.2, 0) is 6.54 Å². The van der Waals surface area contributed by atoms with Crippen LogP contribution >= 0.6 is 0 Å². The van der Waals surface area contributed by atoms with Crippen LogP contribution in [0.1, 0.15) is 84.8 Å². The van der Waals surface area contributed by atoms with Gasteiger partial charge in [0, 0.05) is 37.9 Å². The lowest BCUT2D eigenvalue weighted by Crippen LogP contribution is -2.37. The number of rotatable bonds is 7. The lowest BCUT2D eigenvalue weighted by Gasteiger charge is -2.33. The molecular weight excluding hydrogens is 486 g/mol. The Balaban J connectivity index is 1.27. The Bertz CT molecular complexity index is 1330. The number of nitrogens with one attached hydrogen (secondary N) is 2.